The fourth-order valence-electron chi connectivity index (χ4n) is 2.06. The van der Waals surface area contributed by atoms with Crippen LogP contribution in [0, 0.1) is 0 Å². The van der Waals surface area contributed by atoms with Crippen molar-refractivity contribution in [2.75, 3.05) is 25.4 Å². The number of hydrogen-bond donors (Lipinski definition) is 1. The summed E-state index contributed by atoms with van der Waals surface area (Å²) < 4.78 is 33.1. The number of nitrogens with zero attached hydrogens (tertiary/aromatic N) is 1. The van der Waals surface area contributed by atoms with E-state index < -0.39 is 25.1 Å². The van der Waals surface area contributed by atoms with Crippen molar-refractivity contribution < 1.29 is 37.4 Å². The summed E-state index contributed by atoms with van der Waals surface area (Å²) in [5.74, 6) is -1.58. The molecule has 2 rings (SSSR count). The summed E-state index contributed by atoms with van der Waals surface area (Å²) in [6.07, 6.45) is 2.46. The molecule has 0 aromatic heterocycles. The zero-order valence-corrected chi connectivity index (χ0v) is 15.2. The van der Waals surface area contributed by atoms with Crippen LogP contribution < -0.4 is 10.1 Å². The van der Waals surface area contributed by atoms with Crippen LogP contribution in [0.5, 0.6) is 5.75 Å². The van der Waals surface area contributed by atoms with Gasteiger partial charge in [-0.05, 0) is 23.8 Å². The fourth-order valence-corrected chi connectivity index (χ4v) is 2.82. The third-order valence-corrected chi connectivity index (χ3v) is 4.22. The van der Waals surface area contributed by atoms with E-state index in [0.717, 1.165) is 22.7 Å². The first kappa shape index (κ1) is 21.4. The minimum Gasteiger partial charge on any atom is -0.452 e. The van der Waals surface area contributed by atoms with Crippen molar-refractivity contribution in [2.24, 2.45) is 0 Å². The number of imide groups is 1. The van der Waals surface area contributed by atoms with Crippen molar-refractivity contribution >= 4 is 40.9 Å². The predicted molar refractivity (Wildman–Crippen MR) is 95.6 cm³/mol. The van der Waals surface area contributed by atoms with E-state index in [4.69, 9.17) is 4.74 Å². The number of esters is 1. The van der Waals surface area contributed by atoms with E-state index >= 15 is 0 Å². The molecule has 0 aliphatic carbocycles. The number of nitrogens with one attached hydrogen (secondary N) is 1. The maximum absolute atomic E-state index is 12.1. The van der Waals surface area contributed by atoms with E-state index in [1.54, 1.807) is 0 Å². The van der Waals surface area contributed by atoms with Gasteiger partial charge in [0, 0.05) is 19.2 Å². The lowest BCUT2D eigenvalue weighted by molar-refractivity contribution is -0.143. The van der Waals surface area contributed by atoms with Gasteiger partial charge in [-0.25, -0.2) is 4.79 Å². The third-order valence-electron chi connectivity index (χ3n) is 3.36. The number of alkyl halides is 2. The molecule has 0 bridgehead atoms. The maximum Gasteiger partial charge on any atom is 0.387 e. The van der Waals surface area contributed by atoms with Gasteiger partial charge in [-0.2, -0.15) is 8.78 Å². The molecule has 1 heterocycles. The summed E-state index contributed by atoms with van der Waals surface area (Å²) >= 11 is 0.901. The Labute approximate surface area is 162 Å². The highest BCUT2D eigenvalue weighted by Gasteiger charge is 2.29. The standard InChI is InChI=1S/C17H16F2N2O6S/c18-16(19)27-12-4-1-11(2-5-12)3-6-15(24)26-9-13(22)20-7-8-21-14(23)10-28-17(21)25/h1-6,16H,7-10H2,(H,20,22)/b6-3+. The molecule has 0 saturated carbocycles. The first-order valence-electron chi connectivity index (χ1n) is 7.98. The average Bonchev–Trinajstić information content (AvgIpc) is 2.97. The predicted octanol–water partition coefficient (Wildman–Crippen LogP) is 1.66. The summed E-state index contributed by atoms with van der Waals surface area (Å²) in [6.45, 7) is -3.34. The van der Waals surface area contributed by atoms with Crippen molar-refractivity contribution in [3.8, 4) is 5.75 Å². The van der Waals surface area contributed by atoms with Gasteiger partial charge in [-0.3, -0.25) is 19.3 Å². The second kappa shape index (κ2) is 10.4. The number of halogens is 2. The SMILES string of the molecule is O=C(COC(=O)/C=C/c1ccc(OC(F)F)cc1)NCCN1C(=O)CSC1=O. The average molecular weight is 414 g/mol. The Morgan fingerprint density at radius 1 is 1.25 bits per heavy atom. The Kier molecular flexibility index (Phi) is 7.93. The van der Waals surface area contributed by atoms with Gasteiger partial charge in [0.2, 0.25) is 5.91 Å². The van der Waals surface area contributed by atoms with Gasteiger partial charge in [0.1, 0.15) is 5.75 Å². The Balaban J connectivity index is 1.67. The Bertz CT molecular complexity index is 753. The highest BCUT2D eigenvalue weighted by Crippen LogP contribution is 2.17. The normalized spacial score (nSPS) is 14.0. The van der Waals surface area contributed by atoms with E-state index in [-0.39, 0.29) is 35.7 Å². The number of ether oxygens (including phenoxy) is 2. The van der Waals surface area contributed by atoms with Gasteiger partial charge < -0.3 is 14.8 Å². The first-order valence-corrected chi connectivity index (χ1v) is 8.97. The van der Waals surface area contributed by atoms with Crippen LogP contribution in [0.25, 0.3) is 6.08 Å². The van der Waals surface area contributed by atoms with E-state index in [1.807, 2.05) is 0 Å². The third kappa shape index (κ3) is 6.99. The number of carbonyl (C=O) groups is 4. The molecule has 1 aliphatic heterocycles. The van der Waals surface area contributed by atoms with Crippen molar-refractivity contribution in [1.29, 1.82) is 0 Å². The van der Waals surface area contributed by atoms with Crippen molar-refractivity contribution in [3.63, 3.8) is 0 Å². The van der Waals surface area contributed by atoms with Crippen molar-refractivity contribution in [3.05, 3.63) is 35.9 Å². The molecule has 28 heavy (non-hydrogen) atoms. The molecular weight excluding hydrogens is 398 g/mol. The molecule has 1 saturated heterocycles. The second-order valence-electron chi connectivity index (χ2n) is 5.34. The van der Waals surface area contributed by atoms with Crippen LogP contribution in [0.4, 0.5) is 13.6 Å². The molecule has 0 atom stereocenters. The number of thioether (sulfide) groups is 1. The number of benzene rings is 1. The smallest absolute Gasteiger partial charge is 0.387 e. The summed E-state index contributed by atoms with van der Waals surface area (Å²) in [4.78, 5) is 47.0. The lowest BCUT2D eigenvalue weighted by atomic mass is 10.2. The highest BCUT2D eigenvalue weighted by molar-refractivity contribution is 8.14. The lowest BCUT2D eigenvalue weighted by Gasteiger charge is -2.12. The quantitative estimate of drug-likeness (QED) is 0.484. The summed E-state index contributed by atoms with van der Waals surface area (Å²) in [6, 6.07) is 5.57. The summed E-state index contributed by atoms with van der Waals surface area (Å²) in [7, 11) is 0. The number of amides is 3. The highest BCUT2D eigenvalue weighted by atomic mass is 32.2. The van der Waals surface area contributed by atoms with Crippen LogP contribution in [0.3, 0.4) is 0 Å². The Morgan fingerprint density at radius 3 is 2.57 bits per heavy atom. The monoisotopic (exact) mass is 414 g/mol. The zero-order chi connectivity index (χ0) is 20.5. The van der Waals surface area contributed by atoms with Gasteiger partial charge in [-0.15, -0.1) is 0 Å². The summed E-state index contributed by atoms with van der Waals surface area (Å²) in [5.41, 5.74) is 0.542. The van der Waals surface area contributed by atoms with Crippen LogP contribution >= 0.6 is 11.8 Å². The molecule has 1 aliphatic rings. The maximum atomic E-state index is 12.1. The lowest BCUT2D eigenvalue weighted by Crippen LogP contribution is -2.38. The van der Waals surface area contributed by atoms with Gasteiger partial charge in [0.05, 0.1) is 5.75 Å². The van der Waals surface area contributed by atoms with Crippen molar-refractivity contribution in [1.82, 2.24) is 10.2 Å². The molecule has 3 amide bonds. The molecule has 0 radical (unpaired) electrons. The van der Waals surface area contributed by atoms with Crippen molar-refractivity contribution in [2.45, 2.75) is 6.61 Å². The first-order chi connectivity index (χ1) is 13.3. The van der Waals surface area contributed by atoms with Gasteiger partial charge in [-0.1, -0.05) is 23.9 Å². The molecule has 11 heteroatoms. The molecule has 8 nitrogen and oxygen atoms in total. The van der Waals surface area contributed by atoms with Crippen LogP contribution in [-0.2, 0) is 19.1 Å². The molecule has 1 N–H and O–H groups in total. The molecular formula is C17H16F2N2O6S. The number of hydrogen-bond acceptors (Lipinski definition) is 7. The summed E-state index contributed by atoms with van der Waals surface area (Å²) in [5, 5.41) is 2.07. The van der Waals surface area contributed by atoms with Gasteiger partial charge >= 0.3 is 12.6 Å². The molecule has 1 aromatic carbocycles. The number of rotatable bonds is 9. The topological polar surface area (TPSA) is 102 Å². The van der Waals surface area contributed by atoms with E-state index in [2.05, 4.69) is 10.1 Å². The van der Waals surface area contributed by atoms with Crippen LogP contribution in [0.1, 0.15) is 5.56 Å². The van der Waals surface area contributed by atoms with E-state index in [9.17, 15) is 28.0 Å². The van der Waals surface area contributed by atoms with E-state index in [0.29, 0.717) is 5.56 Å². The Hall–Kier alpha value is -2.95. The second-order valence-corrected chi connectivity index (χ2v) is 6.27. The minimum absolute atomic E-state index is 0.0117. The molecule has 150 valence electrons. The largest absolute Gasteiger partial charge is 0.452 e. The van der Waals surface area contributed by atoms with Crippen LogP contribution in [0.2, 0.25) is 0 Å². The van der Waals surface area contributed by atoms with Gasteiger partial charge in [0.25, 0.3) is 11.1 Å². The van der Waals surface area contributed by atoms with E-state index in [1.165, 1.54) is 30.3 Å². The van der Waals surface area contributed by atoms with Crippen LogP contribution in [-0.4, -0.2) is 60.0 Å². The minimum atomic E-state index is -2.92. The molecule has 0 spiro atoms. The fraction of sp³-hybridized carbons (Fsp3) is 0.294. The zero-order valence-electron chi connectivity index (χ0n) is 14.4. The molecule has 1 aromatic rings. The molecule has 1 fully saturated rings. The Morgan fingerprint density at radius 2 is 1.96 bits per heavy atom. The van der Waals surface area contributed by atoms with Crippen LogP contribution in [0.15, 0.2) is 30.3 Å². The molecule has 0 unspecified atom stereocenters. The number of carbonyl (C=O) groups excluding carboxylic acids is 4. The van der Waals surface area contributed by atoms with Gasteiger partial charge in [0.15, 0.2) is 6.61 Å².